The number of benzene rings is 1. The lowest BCUT2D eigenvalue weighted by Crippen LogP contribution is -1.97. The van der Waals surface area contributed by atoms with Gasteiger partial charge in [-0.05, 0) is 24.4 Å². The molecule has 0 fully saturated rings. The second kappa shape index (κ2) is 4.55. The van der Waals surface area contributed by atoms with Crippen LogP contribution in [0.5, 0.6) is 5.75 Å². The van der Waals surface area contributed by atoms with Crippen LogP contribution in [0.15, 0.2) is 29.9 Å². The highest BCUT2D eigenvalue weighted by Gasteiger charge is 2.09. The molecule has 4 nitrogen and oxygen atoms in total. The molecule has 6 heteroatoms. The van der Waals surface area contributed by atoms with Gasteiger partial charge in [0.2, 0.25) is 0 Å². The number of H-pyrrole nitrogens is 1. The summed E-state index contributed by atoms with van der Waals surface area (Å²) in [6.07, 6.45) is 1.87. The first-order valence-electron chi connectivity index (χ1n) is 5.42. The smallest absolute Gasteiger partial charge is 0.178 e. The van der Waals surface area contributed by atoms with Crippen LogP contribution in [0.25, 0.3) is 11.0 Å². The lowest BCUT2D eigenvalue weighted by molar-refractivity contribution is 0.419. The second-order valence-corrected chi connectivity index (χ2v) is 5.20. The van der Waals surface area contributed by atoms with Gasteiger partial charge in [0.15, 0.2) is 4.77 Å². The summed E-state index contributed by atoms with van der Waals surface area (Å²) in [5.41, 5.74) is 3.82. The fraction of sp³-hybridized carbons (Fsp3) is 0.167. The number of nitrogens with zero attached hydrogens (tertiary/aromatic N) is 2. The van der Waals surface area contributed by atoms with E-state index in [0.717, 1.165) is 23.3 Å². The van der Waals surface area contributed by atoms with Crippen molar-refractivity contribution in [1.82, 2.24) is 14.5 Å². The van der Waals surface area contributed by atoms with E-state index < -0.39 is 0 Å². The molecular formula is C12H11N3OS2. The number of aromatic amines is 1. The number of methoxy groups -OCH3 is 1. The molecular weight excluding hydrogens is 266 g/mol. The summed E-state index contributed by atoms with van der Waals surface area (Å²) in [6, 6.07) is 5.92. The standard InChI is InChI=1S/C12H11N3OS2/c1-16-10-4-2-3-9-11(10)14-12(17)15(9)6-8-5-13-7-18-8/h2-5,7H,6H2,1H3,(H,14,17). The predicted molar refractivity (Wildman–Crippen MR) is 74.9 cm³/mol. The molecule has 0 radical (unpaired) electrons. The van der Waals surface area contributed by atoms with E-state index in [-0.39, 0.29) is 0 Å². The van der Waals surface area contributed by atoms with Crippen LogP contribution in [0.1, 0.15) is 4.88 Å². The third-order valence-electron chi connectivity index (χ3n) is 2.79. The van der Waals surface area contributed by atoms with Gasteiger partial charge in [-0.15, -0.1) is 11.3 Å². The summed E-state index contributed by atoms with van der Waals surface area (Å²) in [5.74, 6) is 0.807. The normalized spacial score (nSPS) is 10.9. The van der Waals surface area contributed by atoms with E-state index in [0.29, 0.717) is 4.77 Å². The number of nitrogens with one attached hydrogen (secondary N) is 1. The molecule has 1 N–H and O–H groups in total. The summed E-state index contributed by atoms with van der Waals surface area (Å²) in [5, 5.41) is 0. The fourth-order valence-corrected chi connectivity index (χ4v) is 2.80. The third-order valence-corrected chi connectivity index (χ3v) is 3.88. The quantitative estimate of drug-likeness (QED) is 0.748. The van der Waals surface area contributed by atoms with Crippen LogP contribution in [-0.4, -0.2) is 21.6 Å². The van der Waals surface area contributed by atoms with Crippen molar-refractivity contribution in [2.75, 3.05) is 7.11 Å². The van der Waals surface area contributed by atoms with Crippen molar-refractivity contribution in [1.29, 1.82) is 0 Å². The minimum absolute atomic E-state index is 0.697. The molecule has 0 aliphatic carbocycles. The zero-order valence-electron chi connectivity index (χ0n) is 9.71. The van der Waals surface area contributed by atoms with Crippen LogP contribution in [0.4, 0.5) is 0 Å². The summed E-state index contributed by atoms with van der Waals surface area (Å²) >= 11 is 6.99. The largest absolute Gasteiger partial charge is 0.494 e. The maximum absolute atomic E-state index is 5.37. The summed E-state index contributed by atoms with van der Waals surface area (Å²) in [6.45, 7) is 0.733. The zero-order chi connectivity index (χ0) is 12.5. The van der Waals surface area contributed by atoms with Gasteiger partial charge in [-0.25, -0.2) is 0 Å². The number of fused-ring (bicyclic) bond motifs is 1. The van der Waals surface area contributed by atoms with Gasteiger partial charge in [0.05, 0.1) is 24.7 Å². The third kappa shape index (κ3) is 1.83. The number of aromatic nitrogens is 3. The molecule has 0 amide bonds. The number of thiazole rings is 1. The Bertz CT molecular complexity index is 727. The predicted octanol–water partition coefficient (Wildman–Crippen LogP) is 3.21. The molecule has 0 spiro atoms. The Balaban J connectivity index is 2.17. The first kappa shape index (κ1) is 11.4. The second-order valence-electron chi connectivity index (χ2n) is 3.84. The van der Waals surface area contributed by atoms with E-state index in [1.165, 1.54) is 4.88 Å². The van der Waals surface area contributed by atoms with Crippen LogP contribution < -0.4 is 4.74 Å². The van der Waals surface area contributed by atoms with Gasteiger partial charge >= 0.3 is 0 Å². The molecule has 2 heterocycles. The molecule has 0 saturated heterocycles. The molecule has 3 rings (SSSR count). The summed E-state index contributed by atoms with van der Waals surface area (Å²) in [4.78, 5) is 8.45. The van der Waals surface area contributed by atoms with Gasteiger partial charge in [-0.2, -0.15) is 0 Å². The first-order valence-corrected chi connectivity index (χ1v) is 6.71. The van der Waals surface area contributed by atoms with Crippen LogP contribution in [0.2, 0.25) is 0 Å². The van der Waals surface area contributed by atoms with Gasteiger partial charge < -0.3 is 14.3 Å². The summed E-state index contributed by atoms with van der Waals surface area (Å²) < 4.78 is 8.08. The van der Waals surface area contributed by atoms with E-state index in [1.807, 2.05) is 29.9 Å². The van der Waals surface area contributed by atoms with Crippen molar-refractivity contribution in [3.63, 3.8) is 0 Å². The molecule has 3 aromatic rings. The summed E-state index contributed by atoms with van der Waals surface area (Å²) in [7, 11) is 1.66. The molecule has 0 aliphatic heterocycles. The Morgan fingerprint density at radius 2 is 2.39 bits per heavy atom. The molecule has 0 aliphatic rings. The van der Waals surface area contributed by atoms with E-state index >= 15 is 0 Å². The van der Waals surface area contributed by atoms with Gasteiger partial charge in [-0.1, -0.05) is 6.07 Å². The molecule has 92 valence electrons. The van der Waals surface area contributed by atoms with Crippen LogP contribution in [0.3, 0.4) is 0 Å². The molecule has 2 aromatic heterocycles. The van der Waals surface area contributed by atoms with Crippen molar-refractivity contribution in [2.45, 2.75) is 6.54 Å². The van der Waals surface area contributed by atoms with Crippen LogP contribution in [-0.2, 0) is 6.54 Å². The molecule has 0 bridgehead atoms. The topological polar surface area (TPSA) is 42.8 Å². The number of hydrogen-bond donors (Lipinski definition) is 1. The Labute approximate surface area is 113 Å². The Kier molecular flexibility index (Phi) is 2.89. The Morgan fingerprint density at radius 1 is 1.50 bits per heavy atom. The molecule has 0 unspecified atom stereocenters. The first-order chi connectivity index (χ1) is 8.79. The lowest BCUT2D eigenvalue weighted by atomic mass is 10.3. The average Bonchev–Trinajstić information content (AvgIpc) is 2.99. The Hall–Kier alpha value is -1.66. The van der Waals surface area contributed by atoms with Crippen molar-refractivity contribution in [2.24, 2.45) is 0 Å². The van der Waals surface area contributed by atoms with Gasteiger partial charge in [0.1, 0.15) is 11.3 Å². The SMILES string of the molecule is COc1cccc2c1[nH]c(=S)n2Cc1cncs1. The Morgan fingerprint density at radius 3 is 3.11 bits per heavy atom. The highest BCUT2D eigenvalue weighted by Crippen LogP contribution is 2.25. The van der Waals surface area contributed by atoms with Crippen LogP contribution >= 0.6 is 23.6 Å². The average molecular weight is 277 g/mol. The van der Waals surface area contributed by atoms with E-state index in [9.17, 15) is 0 Å². The monoisotopic (exact) mass is 277 g/mol. The van der Waals surface area contributed by atoms with E-state index in [1.54, 1.807) is 18.4 Å². The van der Waals surface area contributed by atoms with Gasteiger partial charge in [0, 0.05) is 11.1 Å². The fourth-order valence-electron chi connectivity index (χ4n) is 1.96. The van der Waals surface area contributed by atoms with Gasteiger partial charge in [-0.3, -0.25) is 4.98 Å². The number of para-hydroxylation sites is 1. The molecule has 1 aromatic carbocycles. The number of ether oxygens (including phenoxy) is 1. The minimum Gasteiger partial charge on any atom is -0.494 e. The molecule has 0 atom stereocenters. The number of hydrogen-bond acceptors (Lipinski definition) is 4. The lowest BCUT2D eigenvalue weighted by Gasteiger charge is -2.03. The van der Waals surface area contributed by atoms with Gasteiger partial charge in [0.25, 0.3) is 0 Å². The van der Waals surface area contributed by atoms with Crippen molar-refractivity contribution >= 4 is 34.6 Å². The van der Waals surface area contributed by atoms with Crippen molar-refractivity contribution in [3.8, 4) is 5.75 Å². The van der Waals surface area contributed by atoms with Crippen molar-refractivity contribution in [3.05, 3.63) is 39.6 Å². The number of rotatable bonds is 3. The van der Waals surface area contributed by atoms with Crippen molar-refractivity contribution < 1.29 is 4.74 Å². The minimum atomic E-state index is 0.697. The maximum atomic E-state index is 5.37. The van der Waals surface area contributed by atoms with E-state index in [2.05, 4.69) is 14.5 Å². The zero-order valence-corrected chi connectivity index (χ0v) is 11.3. The highest BCUT2D eigenvalue weighted by atomic mass is 32.1. The maximum Gasteiger partial charge on any atom is 0.178 e. The van der Waals surface area contributed by atoms with E-state index in [4.69, 9.17) is 17.0 Å². The molecule has 0 saturated carbocycles. The molecule has 18 heavy (non-hydrogen) atoms. The highest BCUT2D eigenvalue weighted by molar-refractivity contribution is 7.71. The number of imidazole rings is 1. The van der Waals surface area contributed by atoms with Crippen LogP contribution in [0, 0.1) is 4.77 Å².